The standard InChI is InChI=1S/C16H9F4NO2/c17-10-1-3-11(4-2-10)22-15-7-8-21-14-9-12(5-6-13(14)15)23-16(18,19)20/h1-9H. The van der Waals surface area contributed by atoms with E-state index in [0.717, 1.165) is 0 Å². The lowest BCUT2D eigenvalue weighted by molar-refractivity contribution is -0.274. The van der Waals surface area contributed by atoms with Gasteiger partial charge in [-0.1, -0.05) is 0 Å². The third-order valence-electron chi connectivity index (χ3n) is 2.95. The van der Waals surface area contributed by atoms with Crippen LogP contribution in [0.5, 0.6) is 17.2 Å². The molecule has 0 amide bonds. The molecule has 0 saturated carbocycles. The molecule has 0 aliphatic heterocycles. The van der Waals surface area contributed by atoms with Gasteiger partial charge in [0.2, 0.25) is 0 Å². The number of ether oxygens (including phenoxy) is 2. The van der Waals surface area contributed by atoms with Gasteiger partial charge in [-0.25, -0.2) is 4.39 Å². The van der Waals surface area contributed by atoms with E-state index >= 15 is 0 Å². The van der Waals surface area contributed by atoms with Crippen LogP contribution < -0.4 is 9.47 Å². The van der Waals surface area contributed by atoms with Crippen LogP contribution in [-0.2, 0) is 0 Å². The second kappa shape index (κ2) is 5.75. The number of benzene rings is 2. The fourth-order valence-corrected chi connectivity index (χ4v) is 2.02. The first-order valence-electron chi connectivity index (χ1n) is 6.49. The van der Waals surface area contributed by atoms with Crippen LogP contribution in [-0.4, -0.2) is 11.3 Å². The zero-order valence-corrected chi connectivity index (χ0v) is 11.5. The van der Waals surface area contributed by atoms with E-state index in [2.05, 4.69) is 9.72 Å². The summed E-state index contributed by atoms with van der Waals surface area (Å²) in [6.45, 7) is 0. The Labute approximate surface area is 128 Å². The van der Waals surface area contributed by atoms with Crippen molar-refractivity contribution in [1.82, 2.24) is 4.98 Å². The molecule has 0 unspecified atom stereocenters. The van der Waals surface area contributed by atoms with Gasteiger partial charge in [0.15, 0.2) is 0 Å². The van der Waals surface area contributed by atoms with E-state index in [1.807, 2.05) is 0 Å². The number of alkyl halides is 3. The van der Waals surface area contributed by atoms with Crippen molar-refractivity contribution in [3.63, 3.8) is 0 Å². The summed E-state index contributed by atoms with van der Waals surface area (Å²) in [6.07, 6.45) is -3.37. The van der Waals surface area contributed by atoms with Gasteiger partial charge in [-0.3, -0.25) is 4.98 Å². The van der Waals surface area contributed by atoms with E-state index in [0.29, 0.717) is 16.9 Å². The fraction of sp³-hybridized carbons (Fsp3) is 0.0625. The summed E-state index contributed by atoms with van der Waals surface area (Å²) in [6, 6.07) is 10.7. The first-order valence-corrected chi connectivity index (χ1v) is 6.49. The molecule has 0 aliphatic carbocycles. The molecule has 7 heteroatoms. The minimum atomic E-state index is -4.77. The molecule has 0 radical (unpaired) electrons. The van der Waals surface area contributed by atoms with Crippen molar-refractivity contribution in [1.29, 1.82) is 0 Å². The highest BCUT2D eigenvalue weighted by Crippen LogP contribution is 2.32. The van der Waals surface area contributed by atoms with Gasteiger partial charge in [0.1, 0.15) is 23.1 Å². The van der Waals surface area contributed by atoms with Crippen LogP contribution in [0.1, 0.15) is 0 Å². The lowest BCUT2D eigenvalue weighted by Gasteiger charge is -2.11. The summed E-state index contributed by atoms with van der Waals surface area (Å²) in [5.74, 6) is 0.0250. The van der Waals surface area contributed by atoms with Gasteiger partial charge < -0.3 is 9.47 Å². The lowest BCUT2D eigenvalue weighted by Crippen LogP contribution is -2.17. The molecule has 1 aromatic heterocycles. The number of pyridine rings is 1. The summed E-state index contributed by atoms with van der Waals surface area (Å²) in [5, 5.41) is 0.506. The summed E-state index contributed by atoms with van der Waals surface area (Å²) < 4.78 is 59.1. The monoisotopic (exact) mass is 323 g/mol. The van der Waals surface area contributed by atoms with E-state index < -0.39 is 12.2 Å². The molecule has 118 valence electrons. The predicted molar refractivity (Wildman–Crippen MR) is 74.9 cm³/mol. The molecule has 0 N–H and O–H groups in total. The number of aromatic nitrogens is 1. The average molecular weight is 323 g/mol. The molecule has 0 saturated heterocycles. The summed E-state index contributed by atoms with van der Waals surface area (Å²) in [5.41, 5.74) is 0.284. The molecule has 23 heavy (non-hydrogen) atoms. The molecule has 0 fully saturated rings. The molecule has 3 nitrogen and oxygen atoms in total. The van der Waals surface area contributed by atoms with E-state index in [-0.39, 0.29) is 11.3 Å². The number of nitrogens with zero attached hydrogens (tertiary/aromatic N) is 1. The van der Waals surface area contributed by atoms with Crippen molar-refractivity contribution in [2.75, 3.05) is 0 Å². The number of hydrogen-bond donors (Lipinski definition) is 0. The van der Waals surface area contributed by atoms with Crippen molar-refractivity contribution >= 4 is 10.9 Å². The van der Waals surface area contributed by atoms with Gasteiger partial charge in [-0.15, -0.1) is 13.2 Å². The predicted octanol–water partition coefficient (Wildman–Crippen LogP) is 5.06. The Hall–Kier alpha value is -2.83. The maximum Gasteiger partial charge on any atom is 0.573 e. The normalized spacial score (nSPS) is 11.5. The molecule has 2 aromatic carbocycles. The van der Waals surface area contributed by atoms with Crippen molar-refractivity contribution in [3.8, 4) is 17.2 Å². The highest BCUT2D eigenvalue weighted by Gasteiger charge is 2.31. The van der Waals surface area contributed by atoms with Crippen LogP contribution in [0.4, 0.5) is 17.6 Å². The van der Waals surface area contributed by atoms with E-state index in [1.165, 1.54) is 48.7 Å². The van der Waals surface area contributed by atoms with Crippen LogP contribution in [0.3, 0.4) is 0 Å². The Balaban J connectivity index is 1.94. The summed E-state index contributed by atoms with van der Waals surface area (Å²) in [4.78, 5) is 4.00. The Kier molecular flexibility index (Phi) is 3.77. The summed E-state index contributed by atoms with van der Waals surface area (Å²) >= 11 is 0. The molecular weight excluding hydrogens is 314 g/mol. The molecule has 0 spiro atoms. The van der Waals surface area contributed by atoms with Gasteiger partial charge in [-0.05, 0) is 42.5 Å². The molecule has 0 atom stereocenters. The largest absolute Gasteiger partial charge is 0.573 e. The smallest absolute Gasteiger partial charge is 0.457 e. The highest BCUT2D eigenvalue weighted by molar-refractivity contribution is 5.86. The topological polar surface area (TPSA) is 31.4 Å². The third kappa shape index (κ3) is 3.68. The second-order valence-corrected chi connectivity index (χ2v) is 4.59. The van der Waals surface area contributed by atoms with Crippen molar-refractivity contribution in [2.24, 2.45) is 0 Å². The average Bonchev–Trinajstić information content (AvgIpc) is 2.48. The van der Waals surface area contributed by atoms with Gasteiger partial charge in [0.05, 0.1) is 5.52 Å². The zero-order valence-electron chi connectivity index (χ0n) is 11.5. The lowest BCUT2D eigenvalue weighted by atomic mass is 10.2. The SMILES string of the molecule is Fc1ccc(Oc2ccnc3cc(OC(F)(F)F)ccc23)cc1. The third-order valence-corrected chi connectivity index (χ3v) is 2.95. The fourth-order valence-electron chi connectivity index (χ4n) is 2.02. The number of halogens is 4. The van der Waals surface area contributed by atoms with Crippen LogP contribution in [0.25, 0.3) is 10.9 Å². The van der Waals surface area contributed by atoms with E-state index in [9.17, 15) is 17.6 Å². The summed E-state index contributed by atoms with van der Waals surface area (Å²) in [7, 11) is 0. The van der Waals surface area contributed by atoms with Gasteiger partial charge in [-0.2, -0.15) is 0 Å². The van der Waals surface area contributed by atoms with Gasteiger partial charge in [0, 0.05) is 17.6 Å². The maximum absolute atomic E-state index is 12.9. The minimum Gasteiger partial charge on any atom is -0.457 e. The first kappa shape index (κ1) is 15.1. The molecule has 3 aromatic rings. The van der Waals surface area contributed by atoms with Crippen LogP contribution in [0, 0.1) is 5.82 Å². The molecule has 3 rings (SSSR count). The molecule has 1 heterocycles. The first-order chi connectivity index (χ1) is 10.9. The van der Waals surface area contributed by atoms with Crippen LogP contribution >= 0.6 is 0 Å². The Bertz CT molecular complexity index is 832. The highest BCUT2D eigenvalue weighted by atomic mass is 19.4. The van der Waals surface area contributed by atoms with Gasteiger partial charge in [0.25, 0.3) is 0 Å². The van der Waals surface area contributed by atoms with Crippen molar-refractivity contribution in [3.05, 3.63) is 60.5 Å². The molecule has 0 bridgehead atoms. The second-order valence-electron chi connectivity index (χ2n) is 4.59. The van der Waals surface area contributed by atoms with Crippen LogP contribution in [0.15, 0.2) is 54.7 Å². The Morgan fingerprint density at radius 3 is 2.26 bits per heavy atom. The minimum absolute atomic E-state index is 0.284. The Morgan fingerprint density at radius 2 is 1.57 bits per heavy atom. The van der Waals surface area contributed by atoms with E-state index in [4.69, 9.17) is 4.74 Å². The molecule has 0 aliphatic rings. The Morgan fingerprint density at radius 1 is 0.870 bits per heavy atom. The van der Waals surface area contributed by atoms with Crippen LogP contribution in [0.2, 0.25) is 0 Å². The molecular formula is C16H9F4NO2. The number of rotatable bonds is 3. The quantitative estimate of drug-likeness (QED) is 0.631. The van der Waals surface area contributed by atoms with Crippen molar-refractivity contribution in [2.45, 2.75) is 6.36 Å². The zero-order chi connectivity index (χ0) is 16.4. The van der Waals surface area contributed by atoms with Gasteiger partial charge >= 0.3 is 6.36 Å². The number of hydrogen-bond acceptors (Lipinski definition) is 3. The maximum atomic E-state index is 12.9. The number of fused-ring (bicyclic) bond motifs is 1. The van der Waals surface area contributed by atoms with E-state index in [1.54, 1.807) is 6.07 Å². The van der Waals surface area contributed by atoms with Crippen molar-refractivity contribution < 1.29 is 27.0 Å².